The van der Waals surface area contributed by atoms with Gasteiger partial charge in [0.2, 0.25) is 0 Å². The normalized spacial score (nSPS) is 28.8. The second kappa shape index (κ2) is 4.89. The van der Waals surface area contributed by atoms with Crippen molar-refractivity contribution in [2.24, 2.45) is 5.92 Å². The van der Waals surface area contributed by atoms with Gasteiger partial charge in [-0.25, -0.2) is 0 Å². The highest BCUT2D eigenvalue weighted by Crippen LogP contribution is 2.48. The van der Waals surface area contributed by atoms with E-state index in [0.29, 0.717) is 5.41 Å². The molecule has 16 heavy (non-hydrogen) atoms. The molecule has 1 fully saturated rings. The predicted molar refractivity (Wildman–Crippen MR) is 72.8 cm³/mol. The second-order valence-corrected chi connectivity index (χ2v) is 5.80. The minimum Gasteiger partial charge on any atom is -0.316 e. The Morgan fingerprint density at radius 3 is 2.50 bits per heavy atom. The van der Waals surface area contributed by atoms with Gasteiger partial charge in [-0.1, -0.05) is 41.9 Å². The van der Waals surface area contributed by atoms with Crippen LogP contribution in [0.4, 0.5) is 0 Å². The maximum absolute atomic E-state index is 3.52. The van der Waals surface area contributed by atoms with Crippen LogP contribution in [-0.4, -0.2) is 13.1 Å². The fourth-order valence-corrected chi connectivity index (χ4v) is 2.97. The molecule has 1 aliphatic rings. The van der Waals surface area contributed by atoms with Crippen molar-refractivity contribution in [2.45, 2.75) is 32.1 Å². The summed E-state index contributed by atoms with van der Waals surface area (Å²) in [6.45, 7) is 6.73. The summed E-state index contributed by atoms with van der Waals surface area (Å²) in [5.41, 5.74) is 1.88. The Morgan fingerprint density at radius 1 is 1.38 bits per heavy atom. The molecule has 2 rings (SSSR count). The first kappa shape index (κ1) is 12.1. The highest BCUT2D eigenvalue weighted by atomic mass is 79.9. The Morgan fingerprint density at radius 2 is 2.06 bits per heavy atom. The van der Waals surface area contributed by atoms with E-state index >= 15 is 0 Å². The molecule has 0 aliphatic heterocycles. The Bertz CT molecular complexity index is 346. The molecular weight excluding hydrogens is 262 g/mol. The summed E-state index contributed by atoms with van der Waals surface area (Å²) in [6, 6.07) is 8.87. The van der Waals surface area contributed by atoms with Crippen LogP contribution in [0.15, 0.2) is 28.7 Å². The van der Waals surface area contributed by atoms with E-state index in [1.165, 1.54) is 22.9 Å². The number of halogens is 1. The molecule has 0 radical (unpaired) electrons. The molecule has 2 heteroatoms. The Kier molecular flexibility index (Phi) is 3.70. The van der Waals surface area contributed by atoms with Crippen LogP contribution in [0.3, 0.4) is 0 Å². The maximum atomic E-state index is 3.52. The molecular formula is C14H20BrN. The van der Waals surface area contributed by atoms with Crippen molar-refractivity contribution in [3.05, 3.63) is 34.3 Å². The van der Waals surface area contributed by atoms with E-state index in [-0.39, 0.29) is 0 Å². The van der Waals surface area contributed by atoms with Gasteiger partial charge in [0, 0.05) is 16.4 Å². The summed E-state index contributed by atoms with van der Waals surface area (Å²) in [5, 5.41) is 3.52. The smallest absolute Gasteiger partial charge is 0.0175 e. The highest BCUT2D eigenvalue weighted by Gasteiger charge is 2.44. The van der Waals surface area contributed by atoms with E-state index in [9.17, 15) is 0 Å². The molecule has 2 atom stereocenters. The second-order valence-electron chi connectivity index (χ2n) is 4.88. The number of hydrogen-bond donors (Lipinski definition) is 1. The zero-order chi connectivity index (χ0) is 11.6. The van der Waals surface area contributed by atoms with Gasteiger partial charge in [0.05, 0.1) is 0 Å². The van der Waals surface area contributed by atoms with Gasteiger partial charge in [0.25, 0.3) is 0 Å². The van der Waals surface area contributed by atoms with E-state index in [0.717, 1.165) is 19.0 Å². The van der Waals surface area contributed by atoms with Crippen molar-refractivity contribution in [1.29, 1.82) is 0 Å². The van der Waals surface area contributed by atoms with Gasteiger partial charge in [0.15, 0.2) is 0 Å². The van der Waals surface area contributed by atoms with E-state index in [1.807, 2.05) is 0 Å². The van der Waals surface area contributed by atoms with Gasteiger partial charge in [-0.2, -0.15) is 0 Å². The van der Waals surface area contributed by atoms with Crippen LogP contribution in [0.2, 0.25) is 0 Å². The number of nitrogens with one attached hydrogen (secondary N) is 1. The lowest BCUT2D eigenvalue weighted by Gasteiger charge is -2.49. The molecule has 1 nitrogen and oxygen atoms in total. The number of rotatable bonds is 4. The first-order chi connectivity index (χ1) is 7.69. The van der Waals surface area contributed by atoms with Gasteiger partial charge >= 0.3 is 0 Å². The summed E-state index contributed by atoms with van der Waals surface area (Å²) >= 11 is 3.50. The van der Waals surface area contributed by atoms with Crippen LogP contribution in [0.25, 0.3) is 0 Å². The van der Waals surface area contributed by atoms with Crippen LogP contribution in [0, 0.1) is 5.92 Å². The fraction of sp³-hybridized carbons (Fsp3) is 0.571. The summed E-state index contributed by atoms with van der Waals surface area (Å²) in [7, 11) is 0. The van der Waals surface area contributed by atoms with Crippen molar-refractivity contribution in [3.63, 3.8) is 0 Å². The molecule has 0 amide bonds. The molecule has 1 saturated carbocycles. The Balaban J connectivity index is 2.22. The molecule has 1 aliphatic carbocycles. The van der Waals surface area contributed by atoms with Crippen LogP contribution < -0.4 is 5.32 Å². The summed E-state index contributed by atoms with van der Waals surface area (Å²) in [4.78, 5) is 0. The third kappa shape index (κ3) is 2.05. The average Bonchev–Trinajstić information content (AvgIpc) is 2.30. The zero-order valence-electron chi connectivity index (χ0n) is 10.1. The van der Waals surface area contributed by atoms with Crippen LogP contribution >= 0.6 is 15.9 Å². The molecule has 88 valence electrons. The SMILES string of the molecule is CCNCC1(c2ccc(Br)cc2)CCC1C. The molecule has 0 heterocycles. The van der Waals surface area contributed by atoms with Gasteiger partial charge in [-0.05, 0) is 43.0 Å². The predicted octanol–water partition coefficient (Wildman–Crippen LogP) is 3.73. The molecule has 1 aromatic rings. The van der Waals surface area contributed by atoms with E-state index in [4.69, 9.17) is 0 Å². The number of likely N-dealkylation sites (N-methyl/N-ethyl adjacent to an activating group) is 1. The third-order valence-electron chi connectivity index (χ3n) is 4.08. The van der Waals surface area contributed by atoms with E-state index in [1.54, 1.807) is 0 Å². The van der Waals surface area contributed by atoms with Crippen molar-refractivity contribution in [1.82, 2.24) is 5.32 Å². The summed E-state index contributed by atoms with van der Waals surface area (Å²) in [5.74, 6) is 0.799. The molecule has 1 N–H and O–H groups in total. The van der Waals surface area contributed by atoms with Crippen LogP contribution in [0.1, 0.15) is 32.3 Å². The van der Waals surface area contributed by atoms with Crippen LogP contribution in [0.5, 0.6) is 0 Å². The molecule has 0 bridgehead atoms. The van der Waals surface area contributed by atoms with E-state index in [2.05, 4.69) is 59.4 Å². The first-order valence-corrected chi connectivity index (χ1v) is 6.95. The van der Waals surface area contributed by atoms with Crippen molar-refractivity contribution in [2.75, 3.05) is 13.1 Å². The molecule has 0 aromatic heterocycles. The molecule has 2 unspecified atom stereocenters. The first-order valence-electron chi connectivity index (χ1n) is 6.16. The number of benzene rings is 1. The average molecular weight is 282 g/mol. The molecule has 0 spiro atoms. The van der Waals surface area contributed by atoms with Gasteiger partial charge in [-0.3, -0.25) is 0 Å². The minimum atomic E-state index is 0.386. The Hall–Kier alpha value is -0.340. The topological polar surface area (TPSA) is 12.0 Å². The highest BCUT2D eigenvalue weighted by molar-refractivity contribution is 9.10. The zero-order valence-corrected chi connectivity index (χ0v) is 11.7. The minimum absolute atomic E-state index is 0.386. The summed E-state index contributed by atoms with van der Waals surface area (Å²) in [6.07, 6.45) is 2.68. The lowest BCUT2D eigenvalue weighted by atomic mass is 9.57. The van der Waals surface area contributed by atoms with Crippen molar-refractivity contribution in [3.8, 4) is 0 Å². The lowest BCUT2D eigenvalue weighted by molar-refractivity contribution is 0.135. The monoisotopic (exact) mass is 281 g/mol. The molecule has 1 aromatic carbocycles. The lowest BCUT2D eigenvalue weighted by Crippen LogP contribution is -2.50. The standard InChI is InChI=1S/C14H20BrN/c1-3-16-10-14(9-8-11(14)2)12-4-6-13(15)7-5-12/h4-7,11,16H,3,8-10H2,1-2H3. The molecule has 0 saturated heterocycles. The quantitative estimate of drug-likeness (QED) is 0.887. The largest absolute Gasteiger partial charge is 0.316 e. The maximum Gasteiger partial charge on any atom is 0.0175 e. The van der Waals surface area contributed by atoms with Gasteiger partial charge in [0.1, 0.15) is 0 Å². The van der Waals surface area contributed by atoms with Crippen molar-refractivity contribution >= 4 is 15.9 Å². The van der Waals surface area contributed by atoms with Crippen LogP contribution in [-0.2, 0) is 5.41 Å². The van der Waals surface area contributed by atoms with E-state index < -0.39 is 0 Å². The number of hydrogen-bond acceptors (Lipinski definition) is 1. The van der Waals surface area contributed by atoms with Crippen molar-refractivity contribution < 1.29 is 0 Å². The third-order valence-corrected chi connectivity index (χ3v) is 4.61. The Labute approximate surface area is 107 Å². The summed E-state index contributed by atoms with van der Waals surface area (Å²) < 4.78 is 1.17. The van der Waals surface area contributed by atoms with Gasteiger partial charge < -0.3 is 5.32 Å². The fourth-order valence-electron chi connectivity index (χ4n) is 2.70. The van der Waals surface area contributed by atoms with Gasteiger partial charge in [-0.15, -0.1) is 0 Å².